The molecule has 0 bridgehead atoms. The van der Waals surface area contributed by atoms with Gasteiger partial charge < -0.3 is 15.2 Å². The van der Waals surface area contributed by atoms with E-state index in [1.165, 1.54) is 11.3 Å². The van der Waals surface area contributed by atoms with Crippen LogP contribution in [0.1, 0.15) is 15.4 Å². The number of rotatable bonds is 7. The van der Waals surface area contributed by atoms with Crippen molar-refractivity contribution in [3.8, 4) is 10.6 Å². The summed E-state index contributed by atoms with van der Waals surface area (Å²) in [7, 11) is 0. The quantitative estimate of drug-likeness (QED) is 0.761. The smallest absolute Gasteiger partial charge is 0.329 e. The molecule has 1 aromatic carbocycles. The Balaban J connectivity index is 1.93. The van der Waals surface area contributed by atoms with Gasteiger partial charge in [0, 0.05) is 12.1 Å². The average Bonchev–Trinajstić information content (AvgIpc) is 2.89. The molecule has 2 N–H and O–H groups in total. The molecule has 0 unspecified atom stereocenters. The fourth-order valence-corrected chi connectivity index (χ4v) is 2.78. The summed E-state index contributed by atoms with van der Waals surface area (Å²) in [6.45, 7) is 1.83. The highest BCUT2D eigenvalue weighted by Gasteiger charge is 2.15. The first-order chi connectivity index (χ1) is 10.6. The molecule has 2 rings (SSSR count). The molecule has 0 aliphatic carbocycles. The molecule has 1 aromatic heterocycles. The van der Waals surface area contributed by atoms with Gasteiger partial charge in [0.25, 0.3) is 5.91 Å². The lowest BCUT2D eigenvalue weighted by Crippen LogP contribution is -2.27. The molecule has 0 atom stereocenters. The number of ether oxygens (including phenoxy) is 1. The predicted molar refractivity (Wildman–Crippen MR) is 83.1 cm³/mol. The first-order valence-electron chi connectivity index (χ1n) is 6.68. The Bertz CT molecular complexity index is 655. The highest BCUT2D eigenvalue weighted by Crippen LogP contribution is 2.27. The Morgan fingerprint density at radius 3 is 2.73 bits per heavy atom. The highest BCUT2D eigenvalue weighted by atomic mass is 32.1. The van der Waals surface area contributed by atoms with Crippen molar-refractivity contribution < 1.29 is 19.4 Å². The molecular formula is C15H16N2O4S. The number of carbonyl (C=O) groups excluding carboxylic acids is 1. The largest absolute Gasteiger partial charge is 0.480 e. The Labute approximate surface area is 131 Å². The van der Waals surface area contributed by atoms with Crippen molar-refractivity contribution in [2.45, 2.75) is 6.92 Å². The Morgan fingerprint density at radius 2 is 2.05 bits per heavy atom. The molecule has 1 amide bonds. The minimum Gasteiger partial charge on any atom is -0.480 e. The number of carboxylic acids is 1. The number of hydrogen-bond acceptors (Lipinski definition) is 5. The fraction of sp³-hybridized carbons (Fsp3) is 0.267. The molecule has 0 saturated heterocycles. The number of nitrogens with one attached hydrogen (secondary N) is 1. The minimum atomic E-state index is -1.03. The van der Waals surface area contributed by atoms with E-state index in [0.717, 1.165) is 10.6 Å². The van der Waals surface area contributed by atoms with Crippen LogP contribution in [0, 0.1) is 6.92 Å². The third kappa shape index (κ3) is 4.37. The fourth-order valence-electron chi connectivity index (χ4n) is 1.79. The van der Waals surface area contributed by atoms with Gasteiger partial charge in [-0.3, -0.25) is 4.79 Å². The maximum absolute atomic E-state index is 12.1. The SMILES string of the molecule is Cc1nc(-c2ccccc2)sc1C(=O)NCCOCC(=O)O. The van der Waals surface area contributed by atoms with Gasteiger partial charge in [-0.05, 0) is 6.92 Å². The van der Waals surface area contributed by atoms with Gasteiger partial charge in [-0.2, -0.15) is 0 Å². The van der Waals surface area contributed by atoms with Crippen molar-refractivity contribution in [1.82, 2.24) is 10.3 Å². The van der Waals surface area contributed by atoms with Crippen LogP contribution in [-0.2, 0) is 9.53 Å². The Kier molecular flexibility index (Phi) is 5.62. The molecule has 0 radical (unpaired) electrons. The summed E-state index contributed by atoms with van der Waals surface area (Å²) in [5.74, 6) is -1.26. The van der Waals surface area contributed by atoms with E-state index in [0.29, 0.717) is 10.6 Å². The molecule has 1 heterocycles. The summed E-state index contributed by atoms with van der Waals surface area (Å²) in [6, 6.07) is 9.66. The molecule has 0 aliphatic heterocycles. The summed E-state index contributed by atoms with van der Waals surface area (Å²) in [4.78, 5) is 27.3. The number of carboxylic acid groups (broad SMARTS) is 1. The predicted octanol–water partition coefficient (Wildman–Crippen LogP) is 1.95. The average molecular weight is 320 g/mol. The second-order valence-corrected chi connectivity index (χ2v) is 5.50. The van der Waals surface area contributed by atoms with Crippen LogP contribution in [0.4, 0.5) is 0 Å². The zero-order valence-electron chi connectivity index (χ0n) is 12.0. The second-order valence-electron chi connectivity index (χ2n) is 4.50. The van der Waals surface area contributed by atoms with Crippen LogP contribution in [0.25, 0.3) is 10.6 Å². The lowest BCUT2D eigenvalue weighted by Gasteiger charge is -2.03. The van der Waals surface area contributed by atoms with Crippen LogP contribution in [0.15, 0.2) is 30.3 Å². The van der Waals surface area contributed by atoms with Crippen molar-refractivity contribution in [1.29, 1.82) is 0 Å². The van der Waals surface area contributed by atoms with E-state index in [9.17, 15) is 9.59 Å². The topological polar surface area (TPSA) is 88.5 Å². The zero-order chi connectivity index (χ0) is 15.9. The molecular weight excluding hydrogens is 304 g/mol. The van der Waals surface area contributed by atoms with Gasteiger partial charge in [0.1, 0.15) is 16.5 Å². The summed E-state index contributed by atoms with van der Waals surface area (Å²) in [6.07, 6.45) is 0. The molecule has 7 heteroatoms. The van der Waals surface area contributed by atoms with Crippen molar-refractivity contribution in [3.05, 3.63) is 40.9 Å². The molecule has 6 nitrogen and oxygen atoms in total. The van der Waals surface area contributed by atoms with Crippen LogP contribution >= 0.6 is 11.3 Å². The number of amides is 1. The van der Waals surface area contributed by atoms with Gasteiger partial charge in [-0.15, -0.1) is 11.3 Å². The number of thiazole rings is 1. The van der Waals surface area contributed by atoms with E-state index in [-0.39, 0.29) is 25.7 Å². The number of hydrogen-bond donors (Lipinski definition) is 2. The molecule has 2 aromatic rings. The monoisotopic (exact) mass is 320 g/mol. The van der Waals surface area contributed by atoms with Crippen molar-refractivity contribution in [2.24, 2.45) is 0 Å². The molecule has 0 saturated carbocycles. The first-order valence-corrected chi connectivity index (χ1v) is 7.50. The minimum absolute atomic E-state index is 0.154. The number of aliphatic carboxylic acids is 1. The van der Waals surface area contributed by atoms with E-state index in [2.05, 4.69) is 10.3 Å². The summed E-state index contributed by atoms with van der Waals surface area (Å²) < 4.78 is 4.86. The normalized spacial score (nSPS) is 10.4. The third-order valence-corrected chi connectivity index (χ3v) is 3.99. The lowest BCUT2D eigenvalue weighted by molar-refractivity contribution is -0.142. The number of aromatic nitrogens is 1. The number of nitrogens with zero attached hydrogens (tertiary/aromatic N) is 1. The standard InChI is InChI=1S/C15H16N2O4S/c1-10-13(14(20)16-7-8-21-9-12(18)19)22-15(17-10)11-5-3-2-4-6-11/h2-6H,7-9H2,1H3,(H,16,20)(H,18,19). The van der Waals surface area contributed by atoms with E-state index in [4.69, 9.17) is 9.84 Å². The Hall–Kier alpha value is -2.25. The van der Waals surface area contributed by atoms with Crippen molar-refractivity contribution in [3.63, 3.8) is 0 Å². The molecule has 0 aliphatic rings. The molecule has 22 heavy (non-hydrogen) atoms. The maximum Gasteiger partial charge on any atom is 0.329 e. The van der Waals surface area contributed by atoms with Gasteiger partial charge in [0.2, 0.25) is 0 Å². The zero-order valence-corrected chi connectivity index (χ0v) is 12.9. The summed E-state index contributed by atoms with van der Waals surface area (Å²) >= 11 is 1.33. The molecule has 0 fully saturated rings. The lowest BCUT2D eigenvalue weighted by atomic mass is 10.2. The molecule has 116 valence electrons. The first kappa shape index (κ1) is 16.1. The van der Waals surface area contributed by atoms with Gasteiger partial charge in [-0.1, -0.05) is 30.3 Å². The summed E-state index contributed by atoms with van der Waals surface area (Å²) in [5, 5.41) is 11.9. The van der Waals surface area contributed by atoms with Crippen molar-refractivity contribution >= 4 is 23.2 Å². The second kappa shape index (κ2) is 7.67. The van der Waals surface area contributed by atoms with E-state index >= 15 is 0 Å². The van der Waals surface area contributed by atoms with Gasteiger partial charge in [0.05, 0.1) is 12.3 Å². The van der Waals surface area contributed by atoms with Gasteiger partial charge in [-0.25, -0.2) is 9.78 Å². The van der Waals surface area contributed by atoms with Gasteiger partial charge >= 0.3 is 5.97 Å². The van der Waals surface area contributed by atoms with E-state index in [1.807, 2.05) is 30.3 Å². The van der Waals surface area contributed by atoms with Crippen LogP contribution in [-0.4, -0.2) is 41.7 Å². The number of aryl methyl sites for hydroxylation is 1. The van der Waals surface area contributed by atoms with E-state index in [1.54, 1.807) is 6.92 Å². The molecule has 0 spiro atoms. The van der Waals surface area contributed by atoms with Crippen LogP contribution in [0.3, 0.4) is 0 Å². The van der Waals surface area contributed by atoms with Gasteiger partial charge in [0.15, 0.2) is 0 Å². The maximum atomic E-state index is 12.1. The van der Waals surface area contributed by atoms with E-state index < -0.39 is 5.97 Å². The third-order valence-electron chi connectivity index (χ3n) is 2.78. The number of benzene rings is 1. The highest BCUT2D eigenvalue weighted by molar-refractivity contribution is 7.17. The Morgan fingerprint density at radius 1 is 1.32 bits per heavy atom. The van der Waals surface area contributed by atoms with Crippen LogP contribution in [0.5, 0.6) is 0 Å². The number of carbonyl (C=O) groups is 2. The summed E-state index contributed by atoms with van der Waals surface area (Å²) in [5.41, 5.74) is 1.65. The van der Waals surface area contributed by atoms with Crippen LogP contribution < -0.4 is 5.32 Å². The van der Waals surface area contributed by atoms with Crippen molar-refractivity contribution in [2.75, 3.05) is 19.8 Å². The van der Waals surface area contributed by atoms with Crippen LogP contribution in [0.2, 0.25) is 0 Å².